The van der Waals surface area contributed by atoms with E-state index < -0.39 is 18.2 Å². The van der Waals surface area contributed by atoms with Crippen LogP contribution in [0.3, 0.4) is 0 Å². The molecule has 1 atom stereocenters. The Morgan fingerprint density at radius 1 is 1.16 bits per heavy atom. The fraction of sp³-hybridized carbons (Fsp3) is 0.750. The van der Waals surface area contributed by atoms with Crippen molar-refractivity contribution in [2.24, 2.45) is 0 Å². The SMILES string of the molecule is CCOC(=O)NC(CCCCNC(=O)OC)C(C)=O. The van der Waals surface area contributed by atoms with Crippen molar-refractivity contribution in [3.63, 3.8) is 0 Å². The van der Waals surface area contributed by atoms with Gasteiger partial charge in [-0.3, -0.25) is 4.79 Å². The lowest BCUT2D eigenvalue weighted by Crippen LogP contribution is -2.40. The molecule has 0 spiro atoms. The van der Waals surface area contributed by atoms with Crippen LogP contribution in [0, 0.1) is 0 Å². The van der Waals surface area contributed by atoms with Gasteiger partial charge in [0.1, 0.15) is 0 Å². The fourth-order valence-corrected chi connectivity index (χ4v) is 1.43. The first kappa shape index (κ1) is 17.2. The Hall–Kier alpha value is -1.79. The van der Waals surface area contributed by atoms with Crippen molar-refractivity contribution < 1.29 is 23.9 Å². The summed E-state index contributed by atoms with van der Waals surface area (Å²) in [6, 6.07) is -0.544. The maximum absolute atomic E-state index is 11.3. The maximum Gasteiger partial charge on any atom is 0.407 e. The molecule has 0 fully saturated rings. The first-order chi connectivity index (χ1) is 9.01. The number of nitrogens with one attached hydrogen (secondary N) is 2. The lowest BCUT2D eigenvalue weighted by molar-refractivity contribution is -0.119. The Kier molecular flexibility index (Phi) is 9.20. The standard InChI is InChI=1S/C12H22N2O5/c1-4-19-12(17)14-10(9(2)15)7-5-6-8-13-11(16)18-3/h10H,4-8H2,1-3H3,(H,13,16)(H,14,17). The summed E-state index contributed by atoms with van der Waals surface area (Å²) in [5, 5.41) is 5.04. The van der Waals surface area contributed by atoms with E-state index >= 15 is 0 Å². The van der Waals surface area contributed by atoms with Gasteiger partial charge in [0.25, 0.3) is 0 Å². The molecule has 0 bridgehead atoms. The van der Waals surface area contributed by atoms with Gasteiger partial charge in [0.2, 0.25) is 0 Å². The van der Waals surface area contributed by atoms with E-state index in [-0.39, 0.29) is 12.4 Å². The van der Waals surface area contributed by atoms with E-state index in [4.69, 9.17) is 4.74 Å². The van der Waals surface area contributed by atoms with Crippen molar-refractivity contribution in [2.75, 3.05) is 20.3 Å². The lowest BCUT2D eigenvalue weighted by Gasteiger charge is -2.15. The summed E-state index contributed by atoms with van der Waals surface area (Å²) in [5.41, 5.74) is 0. The predicted molar refractivity (Wildman–Crippen MR) is 68.9 cm³/mol. The molecule has 2 N–H and O–H groups in total. The molecule has 0 radical (unpaired) electrons. The average molecular weight is 274 g/mol. The fourth-order valence-electron chi connectivity index (χ4n) is 1.43. The number of carbonyl (C=O) groups is 3. The molecule has 0 aliphatic rings. The topological polar surface area (TPSA) is 93.7 Å². The van der Waals surface area contributed by atoms with Crippen molar-refractivity contribution >= 4 is 18.0 Å². The van der Waals surface area contributed by atoms with Crippen molar-refractivity contribution in [3.8, 4) is 0 Å². The number of unbranched alkanes of at least 4 members (excludes halogenated alkanes) is 1. The van der Waals surface area contributed by atoms with Gasteiger partial charge in [-0.2, -0.15) is 0 Å². The number of hydrogen-bond donors (Lipinski definition) is 2. The first-order valence-corrected chi connectivity index (χ1v) is 6.26. The molecule has 1 unspecified atom stereocenters. The summed E-state index contributed by atoms with van der Waals surface area (Å²) >= 11 is 0. The number of hydrogen-bond acceptors (Lipinski definition) is 5. The Balaban J connectivity index is 3.86. The highest BCUT2D eigenvalue weighted by atomic mass is 16.5. The average Bonchev–Trinajstić information content (AvgIpc) is 2.36. The molecular formula is C12H22N2O5. The molecule has 0 aromatic heterocycles. The molecule has 0 aliphatic heterocycles. The normalized spacial score (nSPS) is 11.3. The number of Topliss-reactive ketones (excluding diaryl/α,β-unsaturated/α-hetero) is 1. The van der Waals surface area contributed by atoms with Crippen LogP contribution < -0.4 is 10.6 Å². The van der Waals surface area contributed by atoms with E-state index in [1.165, 1.54) is 14.0 Å². The number of alkyl carbamates (subject to hydrolysis) is 2. The van der Waals surface area contributed by atoms with Gasteiger partial charge in [0, 0.05) is 6.54 Å². The summed E-state index contributed by atoms with van der Waals surface area (Å²) in [6.45, 7) is 3.85. The van der Waals surface area contributed by atoms with Gasteiger partial charge in [0.05, 0.1) is 19.8 Å². The highest BCUT2D eigenvalue weighted by Gasteiger charge is 2.16. The molecule has 19 heavy (non-hydrogen) atoms. The van der Waals surface area contributed by atoms with Crippen LogP contribution >= 0.6 is 0 Å². The third-order valence-corrected chi connectivity index (χ3v) is 2.43. The summed E-state index contributed by atoms with van der Waals surface area (Å²) in [4.78, 5) is 33.3. The molecule has 0 saturated heterocycles. The Labute approximate surface area is 113 Å². The second kappa shape index (κ2) is 10.2. The van der Waals surface area contributed by atoms with E-state index in [0.717, 1.165) is 0 Å². The number of methoxy groups -OCH3 is 1. The molecule has 110 valence electrons. The predicted octanol–water partition coefficient (Wildman–Crippen LogP) is 1.22. The van der Waals surface area contributed by atoms with Crippen LogP contribution in [0.1, 0.15) is 33.1 Å². The van der Waals surface area contributed by atoms with E-state index in [1.54, 1.807) is 6.92 Å². The van der Waals surface area contributed by atoms with Crippen LogP contribution in [0.4, 0.5) is 9.59 Å². The van der Waals surface area contributed by atoms with Crippen molar-refractivity contribution in [1.29, 1.82) is 0 Å². The van der Waals surface area contributed by atoms with Crippen LogP contribution in [0.25, 0.3) is 0 Å². The largest absolute Gasteiger partial charge is 0.453 e. The van der Waals surface area contributed by atoms with Gasteiger partial charge in [-0.25, -0.2) is 9.59 Å². The summed E-state index contributed by atoms with van der Waals surface area (Å²) in [6.07, 6.45) is 0.837. The van der Waals surface area contributed by atoms with Crippen molar-refractivity contribution in [2.45, 2.75) is 39.2 Å². The summed E-state index contributed by atoms with van der Waals surface area (Å²) in [7, 11) is 1.30. The van der Waals surface area contributed by atoms with E-state index in [0.29, 0.717) is 25.8 Å². The van der Waals surface area contributed by atoms with Gasteiger partial charge in [0.15, 0.2) is 5.78 Å². The second-order valence-corrected chi connectivity index (χ2v) is 3.94. The van der Waals surface area contributed by atoms with Gasteiger partial charge in [-0.1, -0.05) is 0 Å². The number of ketones is 1. The monoisotopic (exact) mass is 274 g/mol. The van der Waals surface area contributed by atoms with Gasteiger partial charge >= 0.3 is 12.2 Å². The van der Waals surface area contributed by atoms with Gasteiger partial charge in [-0.15, -0.1) is 0 Å². The van der Waals surface area contributed by atoms with E-state index in [1.807, 2.05) is 0 Å². The quantitative estimate of drug-likeness (QED) is 0.649. The van der Waals surface area contributed by atoms with Crippen LogP contribution in [0.5, 0.6) is 0 Å². The number of carbonyl (C=O) groups excluding carboxylic acids is 3. The molecule has 0 aromatic rings. The van der Waals surface area contributed by atoms with Gasteiger partial charge in [-0.05, 0) is 33.1 Å². The van der Waals surface area contributed by atoms with Crippen LogP contribution in [0.15, 0.2) is 0 Å². The number of amides is 2. The van der Waals surface area contributed by atoms with E-state index in [9.17, 15) is 14.4 Å². The summed E-state index contributed by atoms with van der Waals surface area (Å²) < 4.78 is 9.14. The molecule has 7 heteroatoms. The Morgan fingerprint density at radius 2 is 1.84 bits per heavy atom. The zero-order valence-electron chi connectivity index (χ0n) is 11.7. The molecule has 0 heterocycles. The Bertz CT molecular complexity index is 306. The molecule has 7 nitrogen and oxygen atoms in total. The third kappa shape index (κ3) is 8.87. The van der Waals surface area contributed by atoms with Crippen LogP contribution in [-0.2, 0) is 14.3 Å². The molecular weight excluding hydrogens is 252 g/mol. The van der Waals surface area contributed by atoms with Crippen molar-refractivity contribution in [3.05, 3.63) is 0 Å². The lowest BCUT2D eigenvalue weighted by atomic mass is 10.1. The number of rotatable bonds is 8. The Morgan fingerprint density at radius 3 is 2.37 bits per heavy atom. The van der Waals surface area contributed by atoms with Crippen LogP contribution in [-0.4, -0.2) is 44.3 Å². The second-order valence-electron chi connectivity index (χ2n) is 3.94. The third-order valence-electron chi connectivity index (χ3n) is 2.43. The van der Waals surface area contributed by atoms with E-state index in [2.05, 4.69) is 15.4 Å². The van der Waals surface area contributed by atoms with Gasteiger partial charge < -0.3 is 20.1 Å². The number of ether oxygens (including phenoxy) is 2. The highest BCUT2D eigenvalue weighted by molar-refractivity contribution is 5.85. The maximum atomic E-state index is 11.3. The summed E-state index contributed by atoms with van der Waals surface area (Å²) in [5.74, 6) is -0.117. The minimum atomic E-state index is -0.588. The zero-order valence-corrected chi connectivity index (χ0v) is 11.7. The molecule has 2 amide bonds. The molecule has 0 aromatic carbocycles. The van der Waals surface area contributed by atoms with Crippen molar-refractivity contribution in [1.82, 2.24) is 10.6 Å². The minimum absolute atomic E-state index is 0.117. The van der Waals surface area contributed by atoms with Crippen LogP contribution in [0.2, 0.25) is 0 Å². The minimum Gasteiger partial charge on any atom is -0.453 e. The molecule has 0 rings (SSSR count). The molecule has 0 aliphatic carbocycles. The molecule has 0 saturated carbocycles. The highest BCUT2D eigenvalue weighted by Crippen LogP contribution is 2.02. The first-order valence-electron chi connectivity index (χ1n) is 6.26. The zero-order chi connectivity index (χ0) is 14.7. The smallest absolute Gasteiger partial charge is 0.407 e.